The van der Waals surface area contributed by atoms with Crippen LogP contribution in [0.3, 0.4) is 0 Å². The molecule has 0 saturated heterocycles. The van der Waals surface area contributed by atoms with Crippen molar-refractivity contribution in [2.75, 3.05) is 20.8 Å². The van der Waals surface area contributed by atoms with Gasteiger partial charge in [0.2, 0.25) is 5.91 Å². The molecule has 2 aromatic rings. The molecule has 0 fully saturated rings. The van der Waals surface area contributed by atoms with E-state index in [1.807, 2.05) is 30.3 Å². The van der Waals surface area contributed by atoms with Crippen LogP contribution in [0.25, 0.3) is 0 Å². The normalized spacial score (nSPS) is 10.1. The molecule has 0 atom stereocenters. The van der Waals surface area contributed by atoms with Gasteiger partial charge in [-0.05, 0) is 55.2 Å². The van der Waals surface area contributed by atoms with E-state index in [1.54, 1.807) is 12.1 Å². The van der Waals surface area contributed by atoms with Crippen molar-refractivity contribution in [3.63, 3.8) is 0 Å². The third-order valence-corrected chi connectivity index (χ3v) is 4.89. The first kappa shape index (κ1) is 26.6. The summed E-state index contributed by atoms with van der Waals surface area (Å²) in [6.45, 7) is 0.341. The van der Waals surface area contributed by atoms with Crippen molar-refractivity contribution < 1.29 is 28.6 Å². The molecule has 10 heteroatoms. The number of rotatable bonds is 11. The van der Waals surface area contributed by atoms with Crippen molar-refractivity contribution in [2.45, 2.75) is 32.1 Å². The molecule has 9 nitrogen and oxygen atoms in total. The molecule has 0 saturated carbocycles. The van der Waals surface area contributed by atoms with E-state index in [4.69, 9.17) is 26.4 Å². The number of carbonyl (C=O) groups is 3. The number of aryl methyl sites for hydroxylation is 1. The average Bonchev–Trinajstić information content (AvgIpc) is 2.85. The Morgan fingerprint density at radius 2 is 1.62 bits per heavy atom. The number of esters is 1. The van der Waals surface area contributed by atoms with E-state index < -0.39 is 5.91 Å². The lowest BCUT2D eigenvalue weighted by Gasteiger charge is -2.12. The molecule has 0 aliphatic rings. The van der Waals surface area contributed by atoms with Crippen molar-refractivity contribution >= 4 is 35.1 Å². The minimum Gasteiger partial charge on any atom is -0.493 e. The Balaban J connectivity index is 1.59. The van der Waals surface area contributed by atoms with E-state index in [-0.39, 0.29) is 29.8 Å². The summed E-state index contributed by atoms with van der Waals surface area (Å²) in [5.41, 5.74) is 6.35. The molecule has 0 aliphatic carbocycles. The van der Waals surface area contributed by atoms with Crippen LogP contribution in [0.4, 0.5) is 0 Å². The van der Waals surface area contributed by atoms with Crippen LogP contribution < -0.4 is 25.6 Å². The minimum absolute atomic E-state index is 0.0673. The van der Waals surface area contributed by atoms with Crippen LogP contribution in [0.1, 0.15) is 41.6 Å². The number of thiocarbonyl (C=S) groups is 1. The standard InChI is InChI=1S/C24H29N3O6S/c1-31-19-14-13-18(16-20(19)32-2)23(30)26-27-24(34)25-21(28)11-6-12-22(29)33-15-7-10-17-8-4-3-5-9-17/h3-5,8-9,13-14,16H,6-7,10-12,15H2,1-2H3,(H,26,30)(H2,25,27,28,34). The molecule has 0 radical (unpaired) electrons. The Morgan fingerprint density at radius 3 is 2.32 bits per heavy atom. The molecule has 182 valence electrons. The summed E-state index contributed by atoms with van der Waals surface area (Å²) in [6, 6.07) is 14.6. The topological polar surface area (TPSA) is 115 Å². The van der Waals surface area contributed by atoms with Crippen LogP contribution in [0, 0.1) is 0 Å². The van der Waals surface area contributed by atoms with Crippen molar-refractivity contribution in [1.82, 2.24) is 16.2 Å². The fourth-order valence-corrected chi connectivity index (χ4v) is 3.12. The van der Waals surface area contributed by atoms with E-state index in [1.165, 1.54) is 25.8 Å². The van der Waals surface area contributed by atoms with Gasteiger partial charge in [-0.2, -0.15) is 0 Å². The molecule has 0 bridgehead atoms. The van der Waals surface area contributed by atoms with Gasteiger partial charge in [0, 0.05) is 18.4 Å². The van der Waals surface area contributed by atoms with Crippen molar-refractivity contribution in [3.8, 4) is 11.5 Å². The fourth-order valence-electron chi connectivity index (χ4n) is 2.96. The third kappa shape index (κ3) is 9.45. The van der Waals surface area contributed by atoms with Gasteiger partial charge in [0.15, 0.2) is 16.6 Å². The van der Waals surface area contributed by atoms with Gasteiger partial charge in [0.05, 0.1) is 20.8 Å². The minimum atomic E-state index is -0.479. The first-order valence-electron chi connectivity index (χ1n) is 10.7. The zero-order valence-electron chi connectivity index (χ0n) is 19.2. The fraction of sp³-hybridized carbons (Fsp3) is 0.333. The highest BCUT2D eigenvalue weighted by atomic mass is 32.1. The highest BCUT2D eigenvalue weighted by Gasteiger charge is 2.12. The molecule has 3 N–H and O–H groups in total. The second kappa shape index (κ2) is 14.5. The Kier molecular flexibility index (Phi) is 11.3. The van der Waals surface area contributed by atoms with Crippen molar-refractivity contribution in [3.05, 3.63) is 59.7 Å². The summed E-state index contributed by atoms with van der Waals surface area (Å²) in [6.07, 6.45) is 2.12. The summed E-state index contributed by atoms with van der Waals surface area (Å²) in [5, 5.41) is 2.37. The maximum absolute atomic E-state index is 12.2. The summed E-state index contributed by atoms with van der Waals surface area (Å²) in [7, 11) is 2.96. The highest BCUT2D eigenvalue weighted by molar-refractivity contribution is 7.80. The maximum atomic E-state index is 12.2. The Morgan fingerprint density at radius 1 is 0.882 bits per heavy atom. The lowest BCUT2D eigenvalue weighted by atomic mass is 10.1. The quantitative estimate of drug-likeness (QED) is 0.192. The summed E-state index contributed by atoms with van der Waals surface area (Å²) in [4.78, 5) is 36.0. The van der Waals surface area contributed by atoms with Gasteiger partial charge in [-0.1, -0.05) is 30.3 Å². The molecular formula is C24H29N3O6S. The van der Waals surface area contributed by atoms with Crippen LogP contribution in [-0.4, -0.2) is 43.7 Å². The number of benzene rings is 2. The number of hydrazine groups is 1. The number of ether oxygens (including phenoxy) is 3. The molecule has 2 rings (SSSR count). The Bertz CT molecular complexity index is 984. The van der Waals surface area contributed by atoms with E-state index in [0.717, 1.165) is 12.8 Å². The molecule has 0 unspecified atom stereocenters. The van der Waals surface area contributed by atoms with Crippen molar-refractivity contribution in [2.24, 2.45) is 0 Å². The van der Waals surface area contributed by atoms with Crippen LogP contribution in [0.15, 0.2) is 48.5 Å². The molecule has 2 amide bonds. The lowest BCUT2D eigenvalue weighted by molar-refractivity contribution is -0.143. The zero-order chi connectivity index (χ0) is 24.8. The second-order valence-corrected chi connectivity index (χ2v) is 7.60. The van der Waals surface area contributed by atoms with E-state index >= 15 is 0 Å². The predicted molar refractivity (Wildman–Crippen MR) is 130 cm³/mol. The molecule has 0 heterocycles. The van der Waals surface area contributed by atoms with Gasteiger partial charge >= 0.3 is 5.97 Å². The first-order chi connectivity index (χ1) is 16.4. The summed E-state index contributed by atoms with van der Waals surface area (Å²) in [5.74, 6) is -0.308. The zero-order valence-corrected chi connectivity index (χ0v) is 20.0. The summed E-state index contributed by atoms with van der Waals surface area (Å²) < 4.78 is 15.5. The number of methoxy groups -OCH3 is 2. The number of carbonyl (C=O) groups excluding carboxylic acids is 3. The predicted octanol–water partition coefficient (Wildman–Crippen LogP) is 2.69. The van der Waals surface area contributed by atoms with Gasteiger partial charge in [-0.3, -0.25) is 25.2 Å². The Labute approximate surface area is 204 Å². The van der Waals surface area contributed by atoms with Gasteiger partial charge < -0.3 is 19.5 Å². The van der Waals surface area contributed by atoms with E-state index in [9.17, 15) is 14.4 Å². The maximum Gasteiger partial charge on any atom is 0.305 e. The number of nitrogens with one attached hydrogen (secondary N) is 3. The molecule has 34 heavy (non-hydrogen) atoms. The van der Waals surface area contributed by atoms with Crippen LogP contribution >= 0.6 is 12.2 Å². The van der Waals surface area contributed by atoms with Crippen LogP contribution in [0.2, 0.25) is 0 Å². The van der Waals surface area contributed by atoms with Crippen LogP contribution in [-0.2, 0) is 20.7 Å². The lowest BCUT2D eigenvalue weighted by Crippen LogP contribution is -2.48. The highest BCUT2D eigenvalue weighted by Crippen LogP contribution is 2.27. The first-order valence-corrected chi connectivity index (χ1v) is 11.2. The van der Waals surface area contributed by atoms with Crippen molar-refractivity contribution in [1.29, 1.82) is 0 Å². The van der Waals surface area contributed by atoms with E-state index in [2.05, 4.69) is 16.2 Å². The number of hydrogen-bond acceptors (Lipinski definition) is 7. The van der Waals surface area contributed by atoms with E-state index in [0.29, 0.717) is 30.1 Å². The SMILES string of the molecule is COc1ccc(C(=O)NNC(=S)NC(=O)CCCC(=O)OCCCc2ccccc2)cc1OC. The van der Waals surface area contributed by atoms with Gasteiger partial charge in [0.1, 0.15) is 0 Å². The average molecular weight is 488 g/mol. The smallest absolute Gasteiger partial charge is 0.305 e. The molecule has 0 aromatic heterocycles. The summed E-state index contributed by atoms with van der Waals surface area (Å²) >= 11 is 5.01. The molecular weight excluding hydrogens is 458 g/mol. The number of amides is 2. The van der Waals surface area contributed by atoms with Gasteiger partial charge in [-0.15, -0.1) is 0 Å². The molecule has 2 aromatic carbocycles. The second-order valence-electron chi connectivity index (χ2n) is 7.19. The Hall–Kier alpha value is -3.66. The van der Waals surface area contributed by atoms with Gasteiger partial charge in [-0.25, -0.2) is 0 Å². The monoisotopic (exact) mass is 487 g/mol. The van der Waals surface area contributed by atoms with Crippen LogP contribution in [0.5, 0.6) is 11.5 Å². The third-order valence-electron chi connectivity index (χ3n) is 4.69. The molecule has 0 aliphatic heterocycles. The largest absolute Gasteiger partial charge is 0.493 e. The number of hydrogen-bond donors (Lipinski definition) is 3. The molecule has 0 spiro atoms. The van der Waals surface area contributed by atoms with Gasteiger partial charge in [0.25, 0.3) is 5.91 Å².